The Labute approximate surface area is 149 Å². The van der Waals surface area contributed by atoms with Gasteiger partial charge in [0, 0.05) is 15.5 Å². The number of carbonyl (C=O) groups excluding carboxylic acids is 1. The van der Waals surface area contributed by atoms with Gasteiger partial charge in [-0.25, -0.2) is 4.79 Å². The van der Waals surface area contributed by atoms with E-state index in [1.807, 2.05) is 42.5 Å². The molecule has 1 heterocycles. The molecule has 24 heavy (non-hydrogen) atoms. The minimum atomic E-state index is -0.404. The molecular formula is C19H16ClNO2S. The van der Waals surface area contributed by atoms with Gasteiger partial charge in [0.15, 0.2) is 0 Å². The molecular weight excluding hydrogens is 342 g/mol. The Balaban J connectivity index is 2.25. The van der Waals surface area contributed by atoms with Crippen molar-refractivity contribution in [2.45, 2.75) is 6.92 Å². The van der Waals surface area contributed by atoms with Crippen LogP contribution in [0.5, 0.6) is 0 Å². The fourth-order valence-corrected chi connectivity index (χ4v) is 3.75. The summed E-state index contributed by atoms with van der Waals surface area (Å²) in [5.74, 6) is -0.404. The van der Waals surface area contributed by atoms with Gasteiger partial charge in [-0.2, -0.15) is 0 Å². The number of ether oxygens (including phenoxy) is 1. The van der Waals surface area contributed by atoms with Crippen LogP contribution in [0.15, 0.2) is 54.6 Å². The van der Waals surface area contributed by atoms with E-state index in [1.54, 1.807) is 19.1 Å². The van der Waals surface area contributed by atoms with E-state index in [-0.39, 0.29) is 0 Å². The molecule has 0 atom stereocenters. The van der Waals surface area contributed by atoms with E-state index in [9.17, 15) is 4.79 Å². The second-order valence-electron chi connectivity index (χ2n) is 5.14. The average molecular weight is 358 g/mol. The van der Waals surface area contributed by atoms with E-state index in [2.05, 4.69) is 0 Å². The Morgan fingerprint density at radius 1 is 1.08 bits per heavy atom. The molecule has 0 aliphatic carbocycles. The van der Waals surface area contributed by atoms with Crippen LogP contribution in [0.2, 0.25) is 5.02 Å². The summed E-state index contributed by atoms with van der Waals surface area (Å²) in [5, 5.41) is 1.10. The minimum Gasteiger partial charge on any atom is -0.462 e. The maximum atomic E-state index is 12.4. The molecule has 0 bridgehead atoms. The number of rotatable bonds is 4. The number of carbonyl (C=O) groups is 1. The lowest BCUT2D eigenvalue weighted by Gasteiger charge is -2.08. The van der Waals surface area contributed by atoms with Gasteiger partial charge in [-0.05, 0) is 30.2 Å². The Morgan fingerprint density at radius 3 is 2.38 bits per heavy atom. The second-order valence-corrected chi connectivity index (χ2v) is 6.63. The van der Waals surface area contributed by atoms with Crippen molar-refractivity contribution in [2.75, 3.05) is 12.3 Å². The highest BCUT2D eigenvalue weighted by Gasteiger charge is 2.25. The third kappa shape index (κ3) is 3.16. The summed E-state index contributed by atoms with van der Waals surface area (Å²) in [6.45, 7) is 2.08. The predicted octanol–water partition coefficient (Wildman–Crippen LogP) is 5.49. The van der Waals surface area contributed by atoms with Gasteiger partial charge in [-0.1, -0.05) is 54.1 Å². The summed E-state index contributed by atoms with van der Waals surface area (Å²) >= 11 is 7.39. The molecule has 3 nitrogen and oxygen atoms in total. The lowest BCUT2D eigenvalue weighted by atomic mass is 9.98. The summed E-state index contributed by atoms with van der Waals surface area (Å²) < 4.78 is 5.21. The van der Waals surface area contributed by atoms with Crippen LogP contribution in [0, 0.1) is 0 Å². The fourth-order valence-electron chi connectivity index (χ4n) is 2.54. The monoisotopic (exact) mass is 357 g/mol. The van der Waals surface area contributed by atoms with Gasteiger partial charge in [0.05, 0.1) is 6.61 Å². The molecule has 0 amide bonds. The molecule has 0 unspecified atom stereocenters. The van der Waals surface area contributed by atoms with Crippen molar-refractivity contribution in [3.8, 4) is 21.6 Å². The number of nitrogens with two attached hydrogens (primary N) is 1. The lowest BCUT2D eigenvalue weighted by molar-refractivity contribution is 0.0529. The van der Waals surface area contributed by atoms with Gasteiger partial charge in [0.2, 0.25) is 0 Å². The van der Waals surface area contributed by atoms with Crippen LogP contribution < -0.4 is 5.73 Å². The molecule has 0 saturated heterocycles. The highest BCUT2D eigenvalue weighted by molar-refractivity contribution is 7.20. The topological polar surface area (TPSA) is 52.3 Å². The molecule has 2 aromatic carbocycles. The quantitative estimate of drug-likeness (QED) is 0.628. The summed E-state index contributed by atoms with van der Waals surface area (Å²) in [6, 6.07) is 17.2. The zero-order chi connectivity index (χ0) is 17.1. The van der Waals surface area contributed by atoms with Crippen LogP contribution in [-0.4, -0.2) is 12.6 Å². The maximum Gasteiger partial charge on any atom is 0.341 e. The zero-order valence-corrected chi connectivity index (χ0v) is 14.7. The lowest BCUT2D eigenvalue weighted by Crippen LogP contribution is -2.07. The van der Waals surface area contributed by atoms with Gasteiger partial charge in [-0.3, -0.25) is 0 Å². The average Bonchev–Trinajstić information content (AvgIpc) is 2.94. The van der Waals surface area contributed by atoms with Crippen molar-refractivity contribution in [2.24, 2.45) is 0 Å². The molecule has 122 valence electrons. The normalized spacial score (nSPS) is 10.6. The Kier molecular flexibility index (Phi) is 4.88. The first kappa shape index (κ1) is 16.6. The van der Waals surface area contributed by atoms with Crippen molar-refractivity contribution in [3.05, 3.63) is 65.2 Å². The number of hydrogen-bond acceptors (Lipinski definition) is 4. The van der Waals surface area contributed by atoms with Gasteiger partial charge in [-0.15, -0.1) is 11.3 Å². The van der Waals surface area contributed by atoms with E-state index >= 15 is 0 Å². The molecule has 1 aromatic heterocycles. The summed E-state index contributed by atoms with van der Waals surface area (Å²) in [5.41, 5.74) is 9.27. The van der Waals surface area contributed by atoms with Crippen LogP contribution >= 0.6 is 22.9 Å². The molecule has 0 spiro atoms. The van der Waals surface area contributed by atoms with Crippen LogP contribution in [0.25, 0.3) is 21.6 Å². The Morgan fingerprint density at radius 2 is 1.75 bits per heavy atom. The molecule has 0 aliphatic rings. The molecule has 2 N–H and O–H groups in total. The highest BCUT2D eigenvalue weighted by atomic mass is 35.5. The summed E-state index contributed by atoms with van der Waals surface area (Å²) in [6.07, 6.45) is 0. The largest absolute Gasteiger partial charge is 0.462 e. The number of hydrogen-bond donors (Lipinski definition) is 1. The van der Waals surface area contributed by atoms with Crippen LogP contribution in [-0.2, 0) is 4.74 Å². The van der Waals surface area contributed by atoms with Crippen molar-refractivity contribution in [1.29, 1.82) is 0 Å². The first-order chi connectivity index (χ1) is 11.6. The SMILES string of the molecule is CCOC(=O)c1c(N)sc(-c2ccccc2)c1-c1ccc(Cl)cc1. The van der Waals surface area contributed by atoms with E-state index in [4.69, 9.17) is 22.1 Å². The van der Waals surface area contributed by atoms with E-state index in [1.165, 1.54) is 11.3 Å². The predicted molar refractivity (Wildman–Crippen MR) is 101 cm³/mol. The van der Waals surface area contributed by atoms with E-state index in [0.29, 0.717) is 22.2 Å². The first-order valence-corrected chi connectivity index (χ1v) is 8.72. The van der Waals surface area contributed by atoms with Crippen molar-refractivity contribution in [1.82, 2.24) is 0 Å². The smallest absolute Gasteiger partial charge is 0.341 e. The van der Waals surface area contributed by atoms with Gasteiger partial charge >= 0.3 is 5.97 Å². The summed E-state index contributed by atoms with van der Waals surface area (Å²) in [4.78, 5) is 13.4. The van der Waals surface area contributed by atoms with Crippen molar-refractivity contribution in [3.63, 3.8) is 0 Å². The summed E-state index contributed by atoms with van der Waals surface area (Å²) in [7, 11) is 0. The van der Waals surface area contributed by atoms with Crippen LogP contribution in [0.1, 0.15) is 17.3 Å². The van der Waals surface area contributed by atoms with E-state index < -0.39 is 5.97 Å². The minimum absolute atomic E-state index is 0.300. The molecule has 0 saturated carbocycles. The third-order valence-corrected chi connectivity index (χ3v) is 4.90. The number of halogens is 1. The third-order valence-electron chi connectivity index (χ3n) is 3.58. The van der Waals surface area contributed by atoms with Crippen molar-refractivity contribution >= 4 is 33.9 Å². The molecule has 3 rings (SSSR count). The number of nitrogen functional groups attached to an aromatic ring is 1. The van der Waals surface area contributed by atoms with Crippen molar-refractivity contribution < 1.29 is 9.53 Å². The molecule has 0 fully saturated rings. The van der Waals surface area contributed by atoms with E-state index in [0.717, 1.165) is 21.6 Å². The van der Waals surface area contributed by atoms with Gasteiger partial charge in [0.1, 0.15) is 10.6 Å². The second kappa shape index (κ2) is 7.07. The maximum absolute atomic E-state index is 12.4. The number of esters is 1. The Hall–Kier alpha value is -2.30. The number of anilines is 1. The zero-order valence-electron chi connectivity index (χ0n) is 13.1. The fraction of sp³-hybridized carbons (Fsp3) is 0.105. The number of thiophene rings is 1. The van der Waals surface area contributed by atoms with Gasteiger partial charge in [0.25, 0.3) is 0 Å². The molecule has 0 aliphatic heterocycles. The molecule has 3 aromatic rings. The number of benzene rings is 2. The Bertz CT molecular complexity index is 857. The van der Waals surface area contributed by atoms with Crippen LogP contribution in [0.3, 0.4) is 0 Å². The van der Waals surface area contributed by atoms with Crippen LogP contribution in [0.4, 0.5) is 5.00 Å². The molecule has 0 radical (unpaired) electrons. The first-order valence-electron chi connectivity index (χ1n) is 7.52. The molecule has 5 heteroatoms. The standard InChI is InChI=1S/C19H16ClNO2S/c1-2-23-19(22)16-15(12-8-10-14(20)11-9-12)17(24-18(16)21)13-6-4-3-5-7-13/h3-11H,2,21H2,1H3. The highest BCUT2D eigenvalue weighted by Crippen LogP contribution is 2.45. The van der Waals surface area contributed by atoms with Gasteiger partial charge < -0.3 is 10.5 Å².